The Morgan fingerprint density at radius 2 is 1.82 bits per heavy atom. The van der Waals surface area contributed by atoms with E-state index in [0.717, 1.165) is 12.8 Å². The molecule has 0 saturated heterocycles. The van der Waals surface area contributed by atoms with Crippen molar-refractivity contribution in [2.45, 2.75) is 40.0 Å². The number of rotatable bonds is 4. The molecular weight excluding hydrogens is 136 g/mol. The highest BCUT2D eigenvalue weighted by Crippen LogP contribution is 2.27. The number of Topliss-reactive ketones (excluding diaryl/α,β-unsaturated/α-hetero) is 1. The number of ketones is 1. The van der Waals surface area contributed by atoms with Crippen LogP contribution >= 0.6 is 0 Å². The average molecular weight is 152 g/mol. The minimum Gasteiger partial charge on any atom is -0.298 e. The number of hydrogen-bond donors (Lipinski definition) is 0. The number of terminal acetylenes is 1. The van der Waals surface area contributed by atoms with Crippen LogP contribution in [0.4, 0.5) is 0 Å². The summed E-state index contributed by atoms with van der Waals surface area (Å²) in [6.45, 7) is 5.80. The molecule has 0 aliphatic carbocycles. The van der Waals surface area contributed by atoms with E-state index in [4.69, 9.17) is 6.42 Å². The minimum atomic E-state index is -0.477. The molecule has 0 rings (SSSR count). The van der Waals surface area contributed by atoms with Crippen LogP contribution in [0.2, 0.25) is 0 Å². The molecule has 0 aromatic rings. The summed E-state index contributed by atoms with van der Waals surface area (Å²) in [4.78, 5) is 11.4. The van der Waals surface area contributed by atoms with Gasteiger partial charge in [0.2, 0.25) is 0 Å². The lowest BCUT2D eigenvalue weighted by Crippen LogP contribution is -2.27. The van der Waals surface area contributed by atoms with E-state index in [1.54, 1.807) is 0 Å². The van der Waals surface area contributed by atoms with Crippen molar-refractivity contribution in [2.24, 2.45) is 5.41 Å². The van der Waals surface area contributed by atoms with Gasteiger partial charge in [0.25, 0.3) is 0 Å². The average Bonchev–Trinajstić information content (AvgIpc) is 2.08. The zero-order valence-electron chi connectivity index (χ0n) is 7.61. The fourth-order valence-corrected chi connectivity index (χ4v) is 1.27. The van der Waals surface area contributed by atoms with Crippen molar-refractivity contribution in [3.8, 4) is 12.3 Å². The molecule has 0 atom stereocenters. The van der Waals surface area contributed by atoms with Crippen molar-refractivity contribution in [1.29, 1.82) is 0 Å². The normalized spacial score (nSPS) is 10.7. The third-order valence-corrected chi connectivity index (χ3v) is 2.34. The van der Waals surface area contributed by atoms with Crippen molar-refractivity contribution in [1.82, 2.24) is 0 Å². The van der Waals surface area contributed by atoms with Crippen molar-refractivity contribution in [3.05, 3.63) is 0 Å². The van der Waals surface area contributed by atoms with Crippen LogP contribution in [-0.2, 0) is 4.79 Å². The minimum absolute atomic E-state index is 0.199. The first-order valence-corrected chi connectivity index (χ1v) is 4.17. The molecule has 1 heteroatoms. The highest BCUT2D eigenvalue weighted by Gasteiger charge is 2.30. The molecule has 1 nitrogen and oxygen atoms in total. The number of hydrogen-bond acceptors (Lipinski definition) is 1. The Morgan fingerprint density at radius 1 is 1.36 bits per heavy atom. The van der Waals surface area contributed by atoms with Crippen molar-refractivity contribution in [2.75, 3.05) is 0 Å². The van der Waals surface area contributed by atoms with Crippen LogP contribution in [-0.4, -0.2) is 5.78 Å². The summed E-state index contributed by atoms with van der Waals surface area (Å²) in [5.41, 5.74) is -0.477. The topological polar surface area (TPSA) is 17.1 Å². The Balaban J connectivity index is 4.57. The zero-order chi connectivity index (χ0) is 8.91. The molecule has 0 aromatic carbocycles. The first-order chi connectivity index (χ1) is 5.16. The van der Waals surface area contributed by atoms with Crippen LogP contribution in [0.25, 0.3) is 0 Å². The van der Waals surface area contributed by atoms with E-state index in [2.05, 4.69) is 5.92 Å². The van der Waals surface area contributed by atoms with E-state index in [1.165, 1.54) is 0 Å². The van der Waals surface area contributed by atoms with Gasteiger partial charge >= 0.3 is 0 Å². The molecule has 0 heterocycles. The summed E-state index contributed by atoms with van der Waals surface area (Å²) in [5, 5.41) is 0. The molecule has 0 saturated carbocycles. The fourth-order valence-electron chi connectivity index (χ4n) is 1.27. The van der Waals surface area contributed by atoms with Crippen molar-refractivity contribution < 1.29 is 4.79 Å². The Morgan fingerprint density at radius 3 is 1.91 bits per heavy atom. The lowest BCUT2D eigenvalue weighted by Gasteiger charge is -2.22. The van der Waals surface area contributed by atoms with Gasteiger partial charge in [-0.2, -0.15) is 0 Å². The predicted molar refractivity (Wildman–Crippen MR) is 47.1 cm³/mol. The van der Waals surface area contributed by atoms with E-state index in [0.29, 0.717) is 6.42 Å². The summed E-state index contributed by atoms with van der Waals surface area (Å²) in [6.07, 6.45) is 7.40. The predicted octanol–water partition coefficient (Wildman–Crippen LogP) is 2.41. The third kappa shape index (κ3) is 1.83. The molecule has 0 aliphatic heterocycles. The largest absolute Gasteiger partial charge is 0.298 e. The van der Waals surface area contributed by atoms with Gasteiger partial charge in [-0.25, -0.2) is 0 Å². The quantitative estimate of drug-likeness (QED) is 0.565. The molecule has 11 heavy (non-hydrogen) atoms. The van der Waals surface area contributed by atoms with Gasteiger partial charge in [-0.15, -0.1) is 6.42 Å². The van der Waals surface area contributed by atoms with Crippen LogP contribution in [0.1, 0.15) is 40.0 Å². The highest BCUT2D eigenvalue weighted by atomic mass is 16.1. The number of carbonyl (C=O) groups excluding carboxylic acids is 1. The summed E-state index contributed by atoms with van der Waals surface area (Å²) in [6, 6.07) is 0. The Hall–Kier alpha value is -0.770. The highest BCUT2D eigenvalue weighted by molar-refractivity contribution is 5.87. The van der Waals surface area contributed by atoms with E-state index in [9.17, 15) is 4.79 Å². The molecule has 0 N–H and O–H groups in total. The first-order valence-electron chi connectivity index (χ1n) is 4.17. The molecule has 0 fully saturated rings. The maximum atomic E-state index is 11.4. The molecule has 0 unspecified atom stereocenters. The standard InChI is InChI=1S/C10H16O/c1-5-9(11)10(6-2,7-3)8-4/h2H,5,7-8H2,1,3-4H3. The van der Waals surface area contributed by atoms with Gasteiger partial charge in [0.15, 0.2) is 5.78 Å². The molecule has 0 amide bonds. The third-order valence-electron chi connectivity index (χ3n) is 2.34. The van der Waals surface area contributed by atoms with Gasteiger partial charge in [-0.3, -0.25) is 4.79 Å². The lowest BCUT2D eigenvalue weighted by atomic mass is 9.78. The van der Waals surface area contributed by atoms with E-state index in [1.807, 2.05) is 20.8 Å². The van der Waals surface area contributed by atoms with Crippen LogP contribution in [0.3, 0.4) is 0 Å². The maximum absolute atomic E-state index is 11.4. The number of carbonyl (C=O) groups is 1. The summed E-state index contributed by atoms with van der Waals surface area (Å²) < 4.78 is 0. The summed E-state index contributed by atoms with van der Waals surface area (Å²) >= 11 is 0. The van der Waals surface area contributed by atoms with E-state index >= 15 is 0 Å². The Labute approximate surface area is 69.2 Å². The molecule has 0 spiro atoms. The second-order valence-corrected chi connectivity index (χ2v) is 2.71. The van der Waals surface area contributed by atoms with E-state index in [-0.39, 0.29) is 5.78 Å². The van der Waals surface area contributed by atoms with Gasteiger partial charge in [-0.05, 0) is 12.8 Å². The fraction of sp³-hybridized carbons (Fsp3) is 0.700. The monoisotopic (exact) mass is 152 g/mol. The van der Waals surface area contributed by atoms with E-state index < -0.39 is 5.41 Å². The Bertz CT molecular complexity index is 170. The van der Waals surface area contributed by atoms with Gasteiger partial charge in [0.05, 0.1) is 5.41 Å². The smallest absolute Gasteiger partial charge is 0.150 e. The first kappa shape index (κ1) is 10.2. The van der Waals surface area contributed by atoms with Gasteiger partial charge in [-0.1, -0.05) is 26.7 Å². The molecule has 0 bridgehead atoms. The molecule has 62 valence electrons. The lowest BCUT2D eigenvalue weighted by molar-refractivity contribution is -0.125. The van der Waals surface area contributed by atoms with Gasteiger partial charge < -0.3 is 0 Å². The van der Waals surface area contributed by atoms with Crippen LogP contribution in [0.15, 0.2) is 0 Å². The molecule has 0 radical (unpaired) electrons. The van der Waals surface area contributed by atoms with Crippen molar-refractivity contribution >= 4 is 5.78 Å². The molecule has 0 aliphatic rings. The van der Waals surface area contributed by atoms with Gasteiger partial charge in [0.1, 0.15) is 0 Å². The summed E-state index contributed by atoms with van der Waals surface area (Å²) in [5.74, 6) is 2.82. The second kappa shape index (κ2) is 4.18. The van der Waals surface area contributed by atoms with Crippen LogP contribution in [0.5, 0.6) is 0 Å². The van der Waals surface area contributed by atoms with Gasteiger partial charge in [0, 0.05) is 6.42 Å². The van der Waals surface area contributed by atoms with Crippen molar-refractivity contribution in [3.63, 3.8) is 0 Å². The molecular formula is C10H16O. The maximum Gasteiger partial charge on any atom is 0.150 e. The zero-order valence-corrected chi connectivity index (χ0v) is 7.61. The van der Waals surface area contributed by atoms with Crippen LogP contribution in [0, 0.1) is 17.8 Å². The Kier molecular flexibility index (Phi) is 3.89. The second-order valence-electron chi connectivity index (χ2n) is 2.71. The summed E-state index contributed by atoms with van der Waals surface area (Å²) in [7, 11) is 0. The molecule has 0 aromatic heterocycles. The van der Waals surface area contributed by atoms with Crippen LogP contribution < -0.4 is 0 Å². The SMILES string of the molecule is C#CC(CC)(CC)C(=O)CC.